The number of benzene rings is 2. The van der Waals surface area contributed by atoms with Crippen LogP contribution in [0.15, 0.2) is 75.3 Å². The van der Waals surface area contributed by atoms with E-state index in [1.54, 1.807) is 43.3 Å². The third-order valence-corrected chi connectivity index (χ3v) is 6.66. The number of nitriles is 1. The van der Waals surface area contributed by atoms with Gasteiger partial charge in [-0.15, -0.1) is 0 Å². The van der Waals surface area contributed by atoms with E-state index in [-0.39, 0.29) is 23.4 Å². The molecule has 32 heavy (non-hydrogen) atoms. The van der Waals surface area contributed by atoms with E-state index < -0.39 is 27.3 Å². The third kappa shape index (κ3) is 5.04. The quantitative estimate of drug-likeness (QED) is 0.563. The van der Waals surface area contributed by atoms with Crippen LogP contribution in [-0.4, -0.2) is 17.6 Å². The normalized spacial score (nSPS) is 12.3. The molecule has 1 aromatic heterocycles. The van der Waals surface area contributed by atoms with Crippen molar-refractivity contribution >= 4 is 10.0 Å². The molecule has 0 saturated heterocycles. The van der Waals surface area contributed by atoms with Crippen LogP contribution in [0, 0.1) is 18.3 Å². The number of aromatic nitrogens is 2. The Kier molecular flexibility index (Phi) is 7.08. The molecule has 0 aliphatic heterocycles. The van der Waals surface area contributed by atoms with Gasteiger partial charge in [-0.25, -0.2) is 17.9 Å². The fourth-order valence-corrected chi connectivity index (χ4v) is 4.62. The summed E-state index contributed by atoms with van der Waals surface area (Å²) < 4.78 is 30.9. The zero-order valence-electron chi connectivity index (χ0n) is 17.9. The standard InChI is InChI=1S/C23H24N4O4S/c1-3-26-16-19(15-24)22(28)27(23(26)29)14-13-21(18-7-5-4-6-8-18)25-32(30,31)20-11-9-17(2)10-12-20/h4-12,16,21,25H,3,13-14H2,1-2H3. The molecule has 1 atom stereocenters. The average Bonchev–Trinajstić information content (AvgIpc) is 2.79. The topological polar surface area (TPSA) is 114 Å². The second kappa shape index (κ2) is 9.77. The van der Waals surface area contributed by atoms with Gasteiger partial charge >= 0.3 is 5.69 Å². The molecule has 0 fully saturated rings. The summed E-state index contributed by atoms with van der Waals surface area (Å²) in [4.78, 5) is 25.3. The Hall–Kier alpha value is -3.48. The van der Waals surface area contributed by atoms with E-state index in [0.717, 1.165) is 10.1 Å². The molecule has 0 aliphatic rings. The van der Waals surface area contributed by atoms with Crippen LogP contribution in [0.5, 0.6) is 0 Å². The predicted molar refractivity (Wildman–Crippen MR) is 121 cm³/mol. The Balaban J connectivity index is 1.96. The molecular formula is C23H24N4O4S. The Morgan fingerprint density at radius 1 is 1.06 bits per heavy atom. The lowest BCUT2D eigenvalue weighted by molar-refractivity contribution is 0.478. The Labute approximate surface area is 186 Å². The van der Waals surface area contributed by atoms with Crippen LogP contribution in [0.3, 0.4) is 0 Å². The van der Waals surface area contributed by atoms with Gasteiger partial charge in [-0.05, 0) is 38.0 Å². The second-order valence-corrected chi connectivity index (χ2v) is 9.08. The van der Waals surface area contributed by atoms with Crippen molar-refractivity contribution in [3.8, 4) is 6.07 Å². The second-order valence-electron chi connectivity index (χ2n) is 7.37. The van der Waals surface area contributed by atoms with Crippen LogP contribution in [0.2, 0.25) is 0 Å². The highest BCUT2D eigenvalue weighted by Crippen LogP contribution is 2.21. The lowest BCUT2D eigenvalue weighted by Crippen LogP contribution is -2.41. The molecule has 1 N–H and O–H groups in total. The van der Waals surface area contributed by atoms with Crippen molar-refractivity contribution in [3.05, 3.63) is 98.3 Å². The molecule has 9 heteroatoms. The highest BCUT2D eigenvalue weighted by atomic mass is 32.2. The molecule has 0 bridgehead atoms. The van der Waals surface area contributed by atoms with Gasteiger partial charge in [0.05, 0.1) is 4.90 Å². The summed E-state index contributed by atoms with van der Waals surface area (Å²) in [5.41, 5.74) is 0.277. The molecule has 3 rings (SSSR count). The highest BCUT2D eigenvalue weighted by molar-refractivity contribution is 7.89. The van der Waals surface area contributed by atoms with E-state index in [0.29, 0.717) is 12.1 Å². The monoisotopic (exact) mass is 452 g/mol. The number of hydrogen-bond donors (Lipinski definition) is 1. The Bertz CT molecular complexity index is 1350. The first-order valence-corrected chi connectivity index (χ1v) is 11.6. The minimum Gasteiger partial charge on any atom is -0.299 e. The molecule has 166 valence electrons. The van der Waals surface area contributed by atoms with Gasteiger partial charge in [-0.1, -0.05) is 48.0 Å². The van der Waals surface area contributed by atoms with E-state index in [2.05, 4.69) is 4.72 Å². The first-order valence-electron chi connectivity index (χ1n) is 10.1. The summed E-state index contributed by atoms with van der Waals surface area (Å²) in [6.07, 6.45) is 1.39. The van der Waals surface area contributed by atoms with Gasteiger partial charge < -0.3 is 0 Å². The maximum absolute atomic E-state index is 13.0. The smallest absolute Gasteiger partial charge is 0.299 e. The predicted octanol–water partition coefficient (Wildman–Crippen LogP) is 2.32. The van der Waals surface area contributed by atoms with E-state index in [9.17, 15) is 23.3 Å². The van der Waals surface area contributed by atoms with Crippen molar-refractivity contribution in [2.24, 2.45) is 0 Å². The lowest BCUT2D eigenvalue weighted by atomic mass is 10.1. The van der Waals surface area contributed by atoms with E-state index in [1.807, 2.05) is 19.1 Å². The summed E-state index contributed by atoms with van der Waals surface area (Å²) in [6, 6.07) is 16.6. The molecule has 0 spiro atoms. The van der Waals surface area contributed by atoms with Gasteiger partial charge in [0.15, 0.2) is 0 Å². The van der Waals surface area contributed by atoms with Crippen LogP contribution in [0.1, 0.15) is 36.1 Å². The van der Waals surface area contributed by atoms with E-state index in [4.69, 9.17) is 0 Å². The molecular weight excluding hydrogens is 428 g/mol. The average molecular weight is 453 g/mol. The molecule has 1 heterocycles. The summed E-state index contributed by atoms with van der Waals surface area (Å²) in [6.45, 7) is 3.85. The van der Waals surface area contributed by atoms with Crippen molar-refractivity contribution in [3.63, 3.8) is 0 Å². The summed E-state index contributed by atoms with van der Waals surface area (Å²) in [5, 5.41) is 9.24. The molecule has 3 aromatic rings. The van der Waals surface area contributed by atoms with Gasteiger partial charge in [-0.2, -0.15) is 5.26 Å². The van der Waals surface area contributed by atoms with Gasteiger partial charge in [0.2, 0.25) is 10.0 Å². The van der Waals surface area contributed by atoms with Gasteiger partial charge in [0.1, 0.15) is 11.6 Å². The molecule has 2 aromatic carbocycles. The van der Waals surface area contributed by atoms with Crippen molar-refractivity contribution in [2.45, 2.75) is 44.3 Å². The van der Waals surface area contributed by atoms with Crippen LogP contribution in [0.25, 0.3) is 0 Å². The SMILES string of the molecule is CCn1cc(C#N)c(=O)n(CCC(NS(=O)(=O)c2ccc(C)cc2)c2ccccc2)c1=O. The molecule has 0 aliphatic carbocycles. The minimum absolute atomic E-state index is 0.0524. The number of nitrogens with one attached hydrogen (secondary N) is 1. The Morgan fingerprint density at radius 2 is 1.72 bits per heavy atom. The maximum atomic E-state index is 13.0. The van der Waals surface area contributed by atoms with Crippen molar-refractivity contribution in [2.75, 3.05) is 0 Å². The van der Waals surface area contributed by atoms with Gasteiger partial charge in [0.25, 0.3) is 5.56 Å². The zero-order valence-corrected chi connectivity index (χ0v) is 18.7. The zero-order chi connectivity index (χ0) is 23.3. The molecule has 0 amide bonds. The minimum atomic E-state index is -3.85. The molecule has 8 nitrogen and oxygen atoms in total. The lowest BCUT2D eigenvalue weighted by Gasteiger charge is -2.20. The number of aryl methyl sites for hydroxylation is 2. The first kappa shape index (κ1) is 23.2. The van der Waals surface area contributed by atoms with Crippen molar-refractivity contribution < 1.29 is 8.42 Å². The van der Waals surface area contributed by atoms with Gasteiger partial charge in [-0.3, -0.25) is 13.9 Å². The fourth-order valence-electron chi connectivity index (χ4n) is 3.36. The maximum Gasteiger partial charge on any atom is 0.331 e. The number of nitrogens with zero attached hydrogens (tertiary/aromatic N) is 3. The van der Waals surface area contributed by atoms with E-state index in [1.165, 1.54) is 22.9 Å². The number of sulfonamides is 1. The van der Waals surface area contributed by atoms with Crippen LogP contribution >= 0.6 is 0 Å². The van der Waals surface area contributed by atoms with Crippen LogP contribution in [0.4, 0.5) is 0 Å². The van der Waals surface area contributed by atoms with E-state index >= 15 is 0 Å². The summed E-state index contributed by atoms with van der Waals surface area (Å²) in [7, 11) is -3.85. The molecule has 0 saturated carbocycles. The number of rotatable bonds is 8. The summed E-state index contributed by atoms with van der Waals surface area (Å²) in [5.74, 6) is 0. The van der Waals surface area contributed by atoms with Crippen molar-refractivity contribution in [1.82, 2.24) is 13.9 Å². The van der Waals surface area contributed by atoms with Crippen LogP contribution in [-0.2, 0) is 23.1 Å². The fraction of sp³-hybridized carbons (Fsp3) is 0.261. The number of hydrogen-bond acceptors (Lipinski definition) is 5. The first-order chi connectivity index (χ1) is 15.3. The third-order valence-electron chi connectivity index (χ3n) is 5.17. The van der Waals surface area contributed by atoms with Gasteiger partial charge in [0, 0.05) is 25.3 Å². The Morgan fingerprint density at radius 3 is 2.31 bits per heavy atom. The largest absolute Gasteiger partial charge is 0.331 e. The van der Waals surface area contributed by atoms with Crippen LogP contribution < -0.4 is 16.0 Å². The molecule has 0 radical (unpaired) electrons. The molecule has 1 unspecified atom stereocenters. The summed E-state index contributed by atoms with van der Waals surface area (Å²) >= 11 is 0. The highest BCUT2D eigenvalue weighted by Gasteiger charge is 2.22. The van der Waals surface area contributed by atoms with Crippen molar-refractivity contribution in [1.29, 1.82) is 5.26 Å².